The number of rotatable bonds is 6. The molecular weight excluding hydrogens is 356 g/mol. The van der Waals surface area contributed by atoms with Gasteiger partial charge < -0.3 is 16.0 Å². The Morgan fingerprint density at radius 3 is 2.40 bits per heavy atom. The number of carbonyl (C=O) groups excluding carboxylic acids is 2. The van der Waals surface area contributed by atoms with Crippen LogP contribution in [0, 0.1) is 0 Å². The molecule has 0 spiro atoms. The second kappa shape index (κ2) is 7.20. The van der Waals surface area contributed by atoms with E-state index in [9.17, 15) is 9.59 Å². The monoisotopic (exact) mass is 374 g/mol. The summed E-state index contributed by atoms with van der Waals surface area (Å²) in [4.78, 5) is 31.8. The predicted molar refractivity (Wildman–Crippen MR) is 104 cm³/mol. The first kappa shape index (κ1) is 17.4. The quantitative estimate of drug-likeness (QED) is 0.690. The van der Waals surface area contributed by atoms with Crippen LogP contribution in [0.1, 0.15) is 33.9 Å². The summed E-state index contributed by atoms with van der Waals surface area (Å²) >= 11 is 2.98. The van der Waals surface area contributed by atoms with Gasteiger partial charge in [-0.25, -0.2) is 4.98 Å². The Morgan fingerprint density at radius 2 is 1.84 bits per heavy atom. The largest absolute Gasteiger partial charge is 0.366 e. The fraction of sp³-hybridized carbons (Fsp3) is 0.235. The van der Waals surface area contributed by atoms with Crippen LogP contribution in [-0.4, -0.2) is 29.9 Å². The topological polar surface area (TPSA) is 88.3 Å². The minimum Gasteiger partial charge on any atom is -0.366 e. The van der Waals surface area contributed by atoms with Crippen LogP contribution in [0.5, 0.6) is 0 Å². The summed E-state index contributed by atoms with van der Waals surface area (Å²) in [5, 5.41) is 3.81. The third-order valence-electron chi connectivity index (χ3n) is 3.76. The smallest absolute Gasteiger partial charge is 0.265 e. The van der Waals surface area contributed by atoms with E-state index in [1.807, 2.05) is 6.07 Å². The minimum atomic E-state index is -0.494. The summed E-state index contributed by atoms with van der Waals surface area (Å²) in [5.74, 6) is -0.683. The highest BCUT2D eigenvalue weighted by Crippen LogP contribution is 2.34. The molecule has 8 heteroatoms. The number of nitrogens with one attached hydrogen (secondary N) is 1. The molecule has 0 aliphatic rings. The molecule has 3 rings (SSSR count). The predicted octanol–water partition coefficient (Wildman–Crippen LogP) is 3.56. The number of hydrogen-bond donors (Lipinski definition) is 2. The molecule has 25 heavy (non-hydrogen) atoms. The van der Waals surface area contributed by atoms with E-state index >= 15 is 0 Å². The van der Waals surface area contributed by atoms with E-state index in [1.165, 1.54) is 11.3 Å². The summed E-state index contributed by atoms with van der Waals surface area (Å²) in [7, 11) is 0. The molecule has 0 radical (unpaired) electrons. The molecule has 2 heterocycles. The molecule has 3 N–H and O–H groups in total. The number of benzene rings is 1. The van der Waals surface area contributed by atoms with Crippen LogP contribution in [0.2, 0.25) is 0 Å². The third-order valence-corrected chi connectivity index (χ3v) is 5.98. The maximum Gasteiger partial charge on any atom is 0.265 e. The van der Waals surface area contributed by atoms with Crippen molar-refractivity contribution in [2.45, 2.75) is 13.8 Å². The highest BCUT2D eigenvalue weighted by Gasteiger charge is 2.16. The van der Waals surface area contributed by atoms with Gasteiger partial charge in [-0.1, -0.05) is 11.3 Å². The first-order chi connectivity index (χ1) is 12.0. The lowest BCUT2D eigenvalue weighted by molar-refractivity contribution is 0.0998. The number of hydrogen-bond acceptors (Lipinski definition) is 6. The van der Waals surface area contributed by atoms with Gasteiger partial charge in [0.1, 0.15) is 4.83 Å². The number of nitrogens with zero attached hydrogens (tertiary/aromatic N) is 2. The van der Waals surface area contributed by atoms with Crippen molar-refractivity contribution >= 4 is 54.8 Å². The molecule has 130 valence electrons. The van der Waals surface area contributed by atoms with Gasteiger partial charge in [0.25, 0.3) is 5.91 Å². The second-order valence-corrected chi connectivity index (χ2v) is 7.38. The Morgan fingerprint density at radius 1 is 1.16 bits per heavy atom. The number of amides is 2. The third kappa shape index (κ3) is 3.64. The molecule has 0 aliphatic heterocycles. The summed E-state index contributed by atoms with van der Waals surface area (Å²) in [6, 6.07) is 8.36. The average Bonchev–Trinajstić information content (AvgIpc) is 3.15. The molecule has 0 atom stereocenters. The Kier molecular flexibility index (Phi) is 5.00. The van der Waals surface area contributed by atoms with E-state index in [0.29, 0.717) is 16.1 Å². The number of carbonyl (C=O) groups is 2. The number of thiazole rings is 1. The van der Waals surface area contributed by atoms with E-state index in [0.717, 1.165) is 27.8 Å². The Bertz CT molecular complexity index is 879. The molecule has 0 saturated carbocycles. The van der Waals surface area contributed by atoms with E-state index in [4.69, 9.17) is 5.73 Å². The van der Waals surface area contributed by atoms with Crippen LogP contribution in [0.15, 0.2) is 30.3 Å². The lowest BCUT2D eigenvalue weighted by Gasteiger charge is -2.16. The molecular formula is C17H18N4O2S2. The van der Waals surface area contributed by atoms with Crippen molar-refractivity contribution in [1.29, 1.82) is 0 Å². The number of fused-ring (bicyclic) bond motifs is 1. The van der Waals surface area contributed by atoms with E-state index in [-0.39, 0.29) is 5.91 Å². The van der Waals surface area contributed by atoms with Gasteiger partial charge in [-0.15, -0.1) is 11.3 Å². The zero-order chi connectivity index (χ0) is 18.0. The van der Waals surface area contributed by atoms with Gasteiger partial charge in [-0.05, 0) is 44.2 Å². The lowest BCUT2D eigenvalue weighted by Crippen LogP contribution is -2.21. The van der Waals surface area contributed by atoms with Gasteiger partial charge in [0, 0.05) is 24.3 Å². The Hall–Kier alpha value is -2.45. The van der Waals surface area contributed by atoms with E-state index < -0.39 is 5.91 Å². The van der Waals surface area contributed by atoms with Crippen molar-refractivity contribution < 1.29 is 9.59 Å². The first-order valence-electron chi connectivity index (χ1n) is 7.88. The van der Waals surface area contributed by atoms with Crippen LogP contribution in [0.4, 0.5) is 10.8 Å². The van der Waals surface area contributed by atoms with Gasteiger partial charge in [-0.3, -0.25) is 9.59 Å². The number of thiophene rings is 1. The molecule has 3 aromatic rings. The van der Waals surface area contributed by atoms with Crippen LogP contribution >= 0.6 is 22.7 Å². The summed E-state index contributed by atoms with van der Waals surface area (Å²) < 4.78 is 1.01. The lowest BCUT2D eigenvalue weighted by atomic mass is 10.2. The molecule has 0 aliphatic carbocycles. The first-order valence-corrected chi connectivity index (χ1v) is 9.51. The van der Waals surface area contributed by atoms with Crippen molar-refractivity contribution in [3.05, 3.63) is 40.8 Å². The van der Waals surface area contributed by atoms with Crippen molar-refractivity contribution in [2.24, 2.45) is 5.73 Å². The molecule has 0 saturated heterocycles. The van der Waals surface area contributed by atoms with Gasteiger partial charge in [0.05, 0.1) is 9.58 Å². The Labute approximate surface area is 153 Å². The molecule has 6 nitrogen and oxygen atoms in total. The highest BCUT2D eigenvalue weighted by atomic mass is 32.1. The second-order valence-electron chi connectivity index (χ2n) is 5.34. The maximum absolute atomic E-state index is 12.4. The summed E-state index contributed by atoms with van der Waals surface area (Å²) in [6.45, 7) is 6.01. The Balaban J connectivity index is 1.75. The van der Waals surface area contributed by atoms with E-state index in [2.05, 4.69) is 29.0 Å². The maximum atomic E-state index is 12.4. The number of nitrogens with two attached hydrogens (primary N) is 1. The van der Waals surface area contributed by atoms with Crippen LogP contribution < -0.4 is 16.0 Å². The zero-order valence-electron chi connectivity index (χ0n) is 13.9. The van der Waals surface area contributed by atoms with Gasteiger partial charge in [0.2, 0.25) is 5.91 Å². The molecule has 2 aromatic heterocycles. The fourth-order valence-corrected chi connectivity index (χ4v) is 4.61. The highest BCUT2D eigenvalue weighted by molar-refractivity contribution is 7.29. The van der Waals surface area contributed by atoms with Crippen LogP contribution in [0.25, 0.3) is 9.53 Å². The minimum absolute atomic E-state index is 0.189. The average molecular weight is 374 g/mol. The number of primary amides is 1. The van der Waals surface area contributed by atoms with Gasteiger partial charge in [0.15, 0.2) is 5.13 Å². The molecule has 2 amide bonds. The molecule has 1 aromatic carbocycles. The van der Waals surface area contributed by atoms with Gasteiger partial charge >= 0.3 is 0 Å². The normalized spacial score (nSPS) is 10.8. The van der Waals surface area contributed by atoms with Crippen LogP contribution in [-0.2, 0) is 0 Å². The SMILES string of the molecule is CCN(CC)c1nc2sc(C(=O)Nc3ccc(C(N)=O)cc3)cc2s1. The molecule has 0 unspecified atom stereocenters. The fourth-order valence-electron chi connectivity index (χ4n) is 2.38. The van der Waals surface area contributed by atoms with Crippen molar-refractivity contribution in [3.8, 4) is 0 Å². The van der Waals surface area contributed by atoms with Gasteiger partial charge in [-0.2, -0.15) is 0 Å². The number of anilines is 2. The number of aromatic nitrogens is 1. The summed E-state index contributed by atoms with van der Waals surface area (Å²) in [6.07, 6.45) is 0. The van der Waals surface area contributed by atoms with E-state index in [1.54, 1.807) is 35.6 Å². The molecule has 0 bridgehead atoms. The van der Waals surface area contributed by atoms with Crippen molar-refractivity contribution in [2.75, 3.05) is 23.3 Å². The van der Waals surface area contributed by atoms with Crippen LogP contribution in [0.3, 0.4) is 0 Å². The van der Waals surface area contributed by atoms with Crippen molar-refractivity contribution in [1.82, 2.24) is 4.98 Å². The molecule has 0 fully saturated rings. The zero-order valence-corrected chi connectivity index (χ0v) is 15.5. The summed E-state index contributed by atoms with van der Waals surface area (Å²) in [5.41, 5.74) is 6.23. The van der Waals surface area contributed by atoms with Crippen molar-refractivity contribution in [3.63, 3.8) is 0 Å². The standard InChI is InChI=1S/C17H18N4O2S2/c1-3-21(4-2)17-20-16-13(25-17)9-12(24-16)15(23)19-11-7-5-10(6-8-11)14(18)22/h5-9H,3-4H2,1-2H3,(H2,18,22)(H,19,23).